The average molecular weight is 362 g/mol. The minimum Gasteiger partial charge on any atom is -0.381 e. The first-order chi connectivity index (χ1) is 12.0. The number of aryl methyl sites for hydroxylation is 1. The van der Waals surface area contributed by atoms with Crippen LogP contribution >= 0.6 is 0 Å². The molecule has 2 aromatic carbocycles. The fourth-order valence-electron chi connectivity index (χ4n) is 3.08. The van der Waals surface area contributed by atoms with E-state index in [1.165, 1.54) is 12.1 Å². The summed E-state index contributed by atoms with van der Waals surface area (Å²) in [6.07, 6.45) is 2.91. The van der Waals surface area contributed by atoms with Crippen LogP contribution in [0, 0.1) is 12.7 Å². The first-order valence-corrected chi connectivity index (χ1v) is 10.00. The molecule has 6 heteroatoms. The standard InChI is InChI=1S/C19H23FN2O2S/c1-15-8-9-18(21-14-16-6-5-7-17(20)12-16)13-19(15)25(23,24)22-10-3-2-4-11-22/h5-9,12-13,21H,2-4,10-11,14H2,1H3. The molecule has 0 unspecified atom stereocenters. The molecule has 1 N–H and O–H groups in total. The molecule has 0 radical (unpaired) electrons. The second-order valence-corrected chi connectivity index (χ2v) is 8.33. The Balaban J connectivity index is 1.80. The van der Waals surface area contributed by atoms with Gasteiger partial charge in [0.2, 0.25) is 10.0 Å². The van der Waals surface area contributed by atoms with Gasteiger partial charge in [-0.05, 0) is 55.2 Å². The fourth-order valence-corrected chi connectivity index (χ4v) is 4.85. The smallest absolute Gasteiger partial charge is 0.243 e. The molecule has 134 valence electrons. The molecule has 0 bridgehead atoms. The highest BCUT2D eigenvalue weighted by atomic mass is 32.2. The molecular formula is C19H23FN2O2S. The van der Waals surface area contributed by atoms with E-state index < -0.39 is 10.0 Å². The van der Waals surface area contributed by atoms with Gasteiger partial charge in [-0.15, -0.1) is 0 Å². The third kappa shape index (κ3) is 4.19. The summed E-state index contributed by atoms with van der Waals surface area (Å²) in [7, 11) is -3.47. The summed E-state index contributed by atoms with van der Waals surface area (Å²) in [5.41, 5.74) is 2.26. The van der Waals surface area contributed by atoms with Crippen LogP contribution in [0.4, 0.5) is 10.1 Å². The zero-order valence-electron chi connectivity index (χ0n) is 14.3. The second kappa shape index (κ2) is 7.54. The largest absolute Gasteiger partial charge is 0.381 e. The Morgan fingerprint density at radius 2 is 1.84 bits per heavy atom. The number of hydrogen-bond acceptors (Lipinski definition) is 3. The number of benzene rings is 2. The van der Waals surface area contributed by atoms with Crippen LogP contribution < -0.4 is 5.32 Å². The summed E-state index contributed by atoms with van der Waals surface area (Å²) in [6.45, 7) is 3.42. The summed E-state index contributed by atoms with van der Waals surface area (Å²) in [4.78, 5) is 0.346. The van der Waals surface area contributed by atoms with Crippen molar-refractivity contribution in [2.75, 3.05) is 18.4 Å². The number of hydrogen-bond donors (Lipinski definition) is 1. The molecule has 0 aromatic heterocycles. The van der Waals surface area contributed by atoms with Crippen LogP contribution in [-0.2, 0) is 16.6 Å². The van der Waals surface area contributed by atoms with E-state index in [1.807, 2.05) is 25.1 Å². The average Bonchev–Trinajstić information content (AvgIpc) is 2.62. The van der Waals surface area contributed by atoms with Crippen LogP contribution in [0.3, 0.4) is 0 Å². The predicted octanol–water partition coefficient (Wildman–Crippen LogP) is 3.92. The van der Waals surface area contributed by atoms with Crippen LogP contribution in [-0.4, -0.2) is 25.8 Å². The van der Waals surface area contributed by atoms with E-state index in [9.17, 15) is 12.8 Å². The third-order valence-corrected chi connectivity index (χ3v) is 6.55. The Bertz CT molecular complexity index is 846. The Morgan fingerprint density at radius 1 is 1.08 bits per heavy atom. The maximum Gasteiger partial charge on any atom is 0.243 e. The van der Waals surface area contributed by atoms with Gasteiger partial charge in [-0.3, -0.25) is 0 Å². The van der Waals surface area contributed by atoms with Gasteiger partial charge in [0.1, 0.15) is 5.82 Å². The van der Waals surface area contributed by atoms with Gasteiger partial charge in [-0.2, -0.15) is 4.31 Å². The highest BCUT2D eigenvalue weighted by molar-refractivity contribution is 7.89. The van der Waals surface area contributed by atoms with Gasteiger partial charge in [0.15, 0.2) is 0 Å². The van der Waals surface area contributed by atoms with Crippen LogP contribution in [0.1, 0.15) is 30.4 Å². The molecule has 25 heavy (non-hydrogen) atoms. The lowest BCUT2D eigenvalue weighted by Crippen LogP contribution is -2.36. The van der Waals surface area contributed by atoms with Crippen molar-refractivity contribution in [3.05, 3.63) is 59.4 Å². The molecular weight excluding hydrogens is 339 g/mol. The zero-order chi connectivity index (χ0) is 17.9. The van der Waals surface area contributed by atoms with Gasteiger partial charge in [0, 0.05) is 25.3 Å². The van der Waals surface area contributed by atoms with Crippen LogP contribution in [0.15, 0.2) is 47.4 Å². The molecule has 3 rings (SSSR count). The van der Waals surface area contributed by atoms with E-state index in [2.05, 4.69) is 5.32 Å². The maximum absolute atomic E-state index is 13.3. The number of rotatable bonds is 5. The van der Waals surface area contributed by atoms with E-state index in [0.717, 1.165) is 30.4 Å². The number of nitrogens with one attached hydrogen (secondary N) is 1. The van der Waals surface area contributed by atoms with Crippen molar-refractivity contribution < 1.29 is 12.8 Å². The Kier molecular flexibility index (Phi) is 5.39. The van der Waals surface area contributed by atoms with Gasteiger partial charge in [0.25, 0.3) is 0 Å². The number of sulfonamides is 1. The van der Waals surface area contributed by atoms with E-state index >= 15 is 0 Å². The molecule has 1 saturated heterocycles. The van der Waals surface area contributed by atoms with Crippen molar-refractivity contribution in [1.82, 2.24) is 4.31 Å². The van der Waals surface area contributed by atoms with Crippen LogP contribution in [0.2, 0.25) is 0 Å². The Labute approximate surface area is 148 Å². The minimum absolute atomic E-state index is 0.281. The first kappa shape index (κ1) is 17.9. The minimum atomic E-state index is -3.47. The van der Waals surface area contributed by atoms with Gasteiger partial charge < -0.3 is 5.32 Å². The lowest BCUT2D eigenvalue weighted by Gasteiger charge is -2.26. The van der Waals surface area contributed by atoms with Crippen molar-refractivity contribution >= 4 is 15.7 Å². The summed E-state index contributed by atoms with van der Waals surface area (Å²) in [5.74, 6) is -0.281. The molecule has 0 spiro atoms. The Morgan fingerprint density at radius 3 is 2.56 bits per heavy atom. The quantitative estimate of drug-likeness (QED) is 0.877. The first-order valence-electron chi connectivity index (χ1n) is 8.56. The maximum atomic E-state index is 13.3. The van der Waals surface area contributed by atoms with E-state index in [1.54, 1.807) is 16.4 Å². The molecule has 0 amide bonds. The number of nitrogens with zero attached hydrogens (tertiary/aromatic N) is 1. The highest BCUT2D eigenvalue weighted by Gasteiger charge is 2.27. The summed E-state index contributed by atoms with van der Waals surface area (Å²) in [6, 6.07) is 11.7. The molecule has 2 aromatic rings. The highest BCUT2D eigenvalue weighted by Crippen LogP contribution is 2.26. The molecule has 0 atom stereocenters. The van der Waals surface area contributed by atoms with Crippen molar-refractivity contribution in [3.63, 3.8) is 0 Å². The van der Waals surface area contributed by atoms with Gasteiger partial charge in [-0.1, -0.05) is 24.6 Å². The molecule has 0 saturated carbocycles. The van der Waals surface area contributed by atoms with Gasteiger partial charge >= 0.3 is 0 Å². The van der Waals surface area contributed by atoms with Crippen molar-refractivity contribution in [1.29, 1.82) is 0 Å². The van der Waals surface area contributed by atoms with E-state index in [0.29, 0.717) is 30.2 Å². The molecule has 4 nitrogen and oxygen atoms in total. The Hall–Kier alpha value is -1.92. The van der Waals surface area contributed by atoms with Crippen molar-refractivity contribution in [2.45, 2.75) is 37.6 Å². The zero-order valence-corrected chi connectivity index (χ0v) is 15.2. The molecule has 1 aliphatic heterocycles. The van der Waals surface area contributed by atoms with Crippen molar-refractivity contribution in [2.24, 2.45) is 0 Å². The topological polar surface area (TPSA) is 49.4 Å². The number of piperidine rings is 1. The molecule has 1 aliphatic rings. The van der Waals surface area contributed by atoms with Crippen LogP contribution in [0.5, 0.6) is 0 Å². The predicted molar refractivity (Wildman–Crippen MR) is 97.5 cm³/mol. The SMILES string of the molecule is Cc1ccc(NCc2cccc(F)c2)cc1S(=O)(=O)N1CCCCC1. The van der Waals surface area contributed by atoms with Gasteiger partial charge in [-0.25, -0.2) is 12.8 Å². The normalized spacial score (nSPS) is 15.9. The monoisotopic (exact) mass is 362 g/mol. The third-order valence-electron chi connectivity index (χ3n) is 4.51. The van der Waals surface area contributed by atoms with Crippen LogP contribution in [0.25, 0.3) is 0 Å². The van der Waals surface area contributed by atoms with E-state index in [4.69, 9.17) is 0 Å². The molecule has 0 aliphatic carbocycles. The second-order valence-electron chi connectivity index (χ2n) is 6.43. The molecule has 1 heterocycles. The summed E-state index contributed by atoms with van der Waals surface area (Å²) in [5, 5.41) is 3.18. The fraction of sp³-hybridized carbons (Fsp3) is 0.368. The number of halogens is 1. The van der Waals surface area contributed by atoms with Gasteiger partial charge in [0.05, 0.1) is 4.90 Å². The number of anilines is 1. The summed E-state index contributed by atoms with van der Waals surface area (Å²) < 4.78 is 40.7. The summed E-state index contributed by atoms with van der Waals surface area (Å²) >= 11 is 0. The lowest BCUT2D eigenvalue weighted by atomic mass is 10.2. The van der Waals surface area contributed by atoms with E-state index in [-0.39, 0.29) is 5.82 Å². The van der Waals surface area contributed by atoms with Crippen molar-refractivity contribution in [3.8, 4) is 0 Å². The molecule has 1 fully saturated rings. The lowest BCUT2D eigenvalue weighted by molar-refractivity contribution is 0.346.